The molecule has 1 rings (SSSR count). The molecular formula is C9H13N3O3. The van der Waals surface area contributed by atoms with E-state index in [9.17, 15) is 9.59 Å². The Bertz CT molecular complexity index is 334. The minimum atomic E-state index is -1.49. The molecule has 6 nitrogen and oxygen atoms in total. The molecule has 0 saturated heterocycles. The fourth-order valence-corrected chi connectivity index (χ4v) is 1.07. The maximum Gasteiger partial charge on any atom is 0.330 e. The molecule has 0 fully saturated rings. The molecule has 5 N–H and O–H groups in total. The van der Waals surface area contributed by atoms with Crippen molar-refractivity contribution in [1.29, 1.82) is 0 Å². The van der Waals surface area contributed by atoms with Crippen molar-refractivity contribution >= 4 is 11.9 Å². The average molecular weight is 211 g/mol. The lowest BCUT2D eigenvalue weighted by molar-refractivity contribution is -0.142. The Morgan fingerprint density at radius 2 is 2.33 bits per heavy atom. The molecule has 0 aromatic carbocycles. The summed E-state index contributed by atoms with van der Waals surface area (Å²) in [5, 5.41) is 10.9. The summed E-state index contributed by atoms with van der Waals surface area (Å²) in [6.07, 6.45) is 2.39. The third kappa shape index (κ3) is 3.43. The molecule has 1 heterocycles. The first-order chi connectivity index (χ1) is 7.11. The van der Waals surface area contributed by atoms with E-state index in [0.29, 0.717) is 13.0 Å². The lowest BCUT2D eigenvalue weighted by Gasteiger charge is -2.07. The van der Waals surface area contributed by atoms with Crippen molar-refractivity contribution in [2.24, 2.45) is 5.73 Å². The fraction of sp³-hybridized carbons (Fsp3) is 0.333. The number of nitrogens with two attached hydrogens (primary N) is 1. The average Bonchev–Trinajstić information content (AvgIpc) is 2.69. The van der Waals surface area contributed by atoms with Crippen molar-refractivity contribution in [3.8, 4) is 0 Å². The van der Waals surface area contributed by atoms with Crippen LogP contribution in [0.3, 0.4) is 0 Å². The Labute approximate surface area is 86.5 Å². The fourth-order valence-electron chi connectivity index (χ4n) is 1.07. The van der Waals surface area contributed by atoms with Crippen LogP contribution in [0.25, 0.3) is 0 Å². The van der Waals surface area contributed by atoms with Gasteiger partial charge in [0, 0.05) is 24.9 Å². The van der Waals surface area contributed by atoms with Crippen molar-refractivity contribution < 1.29 is 14.7 Å². The van der Waals surface area contributed by atoms with Gasteiger partial charge in [0.1, 0.15) is 0 Å². The van der Waals surface area contributed by atoms with E-state index in [2.05, 4.69) is 10.3 Å². The van der Waals surface area contributed by atoms with E-state index in [1.807, 2.05) is 12.1 Å². The van der Waals surface area contributed by atoms with Crippen LogP contribution in [-0.4, -0.2) is 34.6 Å². The van der Waals surface area contributed by atoms with Crippen molar-refractivity contribution in [3.63, 3.8) is 0 Å². The predicted octanol–water partition coefficient (Wildman–Crippen LogP) is -0.915. The minimum absolute atomic E-state index is 0.361. The van der Waals surface area contributed by atoms with Gasteiger partial charge in [-0.25, -0.2) is 4.79 Å². The third-order valence-electron chi connectivity index (χ3n) is 1.90. The highest BCUT2D eigenvalue weighted by atomic mass is 16.4. The van der Waals surface area contributed by atoms with Crippen molar-refractivity contribution in [2.75, 3.05) is 6.54 Å². The molecule has 1 aromatic heterocycles. The van der Waals surface area contributed by atoms with Crippen molar-refractivity contribution in [3.05, 3.63) is 24.0 Å². The molecule has 15 heavy (non-hydrogen) atoms. The number of carboxylic acid groups (broad SMARTS) is 1. The van der Waals surface area contributed by atoms with Gasteiger partial charge < -0.3 is 21.1 Å². The van der Waals surface area contributed by atoms with E-state index in [-0.39, 0.29) is 0 Å². The molecule has 0 saturated carbocycles. The second-order valence-corrected chi connectivity index (χ2v) is 3.05. The molecule has 0 aliphatic rings. The van der Waals surface area contributed by atoms with Gasteiger partial charge in [0.25, 0.3) is 0 Å². The van der Waals surface area contributed by atoms with Gasteiger partial charge in [-0.1, -0.05) is 0 Å². The maximum absolute atomic E-state index is 11.1. The monoisotopic (exact) mass is 211 g/mol. The first-order valence-electron chi connectivity index (χ1n) is 4.49. The highest BCUT2D eigenvalue weighted by Gasteiger charge is 2.20. The van der Waals surface area contributed by atoms with Gasteiger partial charge in [0.15, 0.2) is 6.04 Å². The Hall–Kier alpha value is -1.82. The first kappa shape index (κ1) is 11.3. The Kier molecular flexibility index (Phi) is 3.87. The van der Waals surface area contributed by atoms with E-state index >= 15 is 0 Å². The van der Waals surface area contributed by atoms with E-state index in [4.69, 9.17) is 10.8 Å². The molecule has 1 unspecified atom stereocenters. The highest BCUT2D eigenvalue weighted by Crippen LogP contribution is 1.93. The SMILES string of the molecule is NC(C(=O)O)C(=O)NCCc1ccc[nH]1. The Morgan fingerprint density at radius 1 is 1.60 bits per heavy atom. The number of nitrogens with one attached hydrogen (secondary N) is 2. The molecular weight excluding hydrogens is 198 g/mol. The zero-order chi connectivity index (χ0) is 11.3. The third-order valence-corrected chi connectivity index (χ3v) is 1.90. The number of rotatable bonds is 5. The summed E-state index contributed by atoms with van der Waals surface area (Å²) in [5.41, 5.74) is 6.07. The van der Waals surface area contributed by atoms with Gasteiger partial charge in [-0.2, -0.15) is 0 Å². The number of aromatic nitrogens is 1. The highest BCUT2D eigenvalue weighted by molar-refractivity contribution is 6.00. The number of H-pyrrole nitrogens is 1. The maximum atomic E-state index is 11.1. The Balaban J connectivity index is 2.26. The summed E-state index contributed by atoms with van der Waals surface area (Å²) in [7, 11) is 0. The van der Waals surface area contributed by atoms with Crippen LogP contribution in [0.2, 0.25) is 0 Å². The second-order valence-electron chi connectivity index (χ2n) is 3.05. The largest absolute Gasteiger partial charge is 0.480 e. The van der Waals surface area contributed by atoms with Crippen LogP contribution in [0.15, 0.2) is 18.3 Å². The van der Waals surface area contributed by atoms with Crippen LogP contribution in [0.4, 0.5) is 0 Å². The van der Waals surface area contributed by atoms with Gasteiger partial charge in [0.2, 0.25) is 5.91 Å². The van der Waals surface area contributed by atoms with E-state index < -0.39 is 17.9 Å². The number of hydrogen-bond donors (Lipinski definition) is 4. The molecule has 0 aliphatic heterocycles. The Morgan fingerprint density at radius 3 is 2.87 bits per heavy atom. The number of amides is 1. The van der Waals surface area contributed by atoms with Crippen LogP contribution < -0.4 is 11.1 Å². The number of aromatic amines is 1. The number of hydrogen-bond acceptors (Lipinski definition) is 3. The van der Waals surface area contributed by atoms with Gasteiger partial charge in [0.05, 0.1) is 0 Å². The summed E-state index contributed by atoms with van der Waals surface area (Å²) < 4.78 is 0. The van der Waals surface area contributed by atoms with Crippen LogP contribution in [0.5, 0.6) is 0 Å². The quantitative estimate of drug-likeness (QED) is 0.472. The first-order valence-corrected chi connectivity index (χ1v) is 4.49. The lowest BCUT2D eigenvalue weighted by atomic mass is 10.2. The summed E-state index contributed by atoms with van der Waals surface area (Å²) in [6, 6.07) is 2.23. The number of carboxylic acids is 1. The smallest absolute Gasteiger partial charge is 0.330 e. The van der Waals surface area contributed by atoms with E-state index in [0.717, 1.165) is 5.69 Å². The van der Waals surface area contributed by atoms with Crippen LogP contribution in [0, 0.1) is 0 Å². The van der Waals surface area contributed by atoms with Gasteiger partial charge in [-0.05, 0) is 12.1 Å². The van der Waals surface area contributed by atoms with E-state index in [1.54, 1.807) is 6.20 Å². The standard InChI is InChI=1S/C9H13N3O3/c10-7(9(14)15)8(13)12-5-3-6-2-1-4-11-6/h1-2,4,7,11H,3,5,10H2,(H,12,13)(H,14,15). The summed E-state index contributed by atoms with van der Waals surface area (Å²) in [6.45, 7) is 0.361. The predicted molar refractivity (Wildman–Crippen MR) is 53.1 cm³/mol. The van der Waals surface area contributed by atoms with Crippen LogP contribution in [0.1, 0.15) is 5.69 Å². The minimum Gasteiger partial charge on any atom is -0.480 e. The van der Waals surface area contributed by atoms with Gasteiger partial charge in [-0.3, -0.25) is 4.79 Å². The topological polar surface area (TPSA) is 108 Å². The number of carbonyl (C=O) groups is 2. The van der Waals surface area contributed by atoms with Crippen molar-refractivity contribution in [2.45, 2.75) is 12.5 Å². The van der Waals surface area contributed by atoms with E-state index in [1.165, 1.54) is 0 Å². The lowest BCUT2D eigenvalue weighted by Crippen LogP contribution is -2.46. The van der Waals surface area contributed by atoms with Crippen molar-refractivity contribution in [1.82, 2.24) is 10.3 Å². The molecule has 0 aliphatic carbocycles. The second kappa shape index (κ2) is 5.16. The summed E-state index contributed by atoms with van der Waals surface area (Å²) in [5.74, 6) is -2.00. The molecule has 82 valence electrons. The molecule has 1 atom stereocenters. The summed E-state index contributed by atoms with van der Waals surface area (Å²) in [4.78, 5) is 24.4. The molecule has 1 amide bonds. The molecule has 1 aromatic rings. The molecule has 6 heteroatoms. The normalized spacial score (nSPS) is 12.1. The number of carbonyl (C=O) groups excluding carboxylic acids is 1. The zero-order valence-corrected chi connectivity index (χ0v) is 8.06. The summed E-state index contributed by atoms with van der Waals surface area (Å²) >= 11 is 0. The number of aliphatic carboxylic acids is 1. The molecule has 0 radical (unpaired) electrons. The van der Waals surface area contributed by atoms with Gasteiger partial charge >= 0.3 is 5.97 Å². The van der Waals surface area contributed by atoms with Crippen LogP contribution in [-0.2, 0) is 16.0 Å². The van der Waals surface area contributed by atoms with Gasteiger partial charge in [-0.15, -0.1) is 0 Å². The molecule has 0 spiro atoms. The molecule has 0 bridgehead atoms. The van der Waals surface area contributed by atoms with Crippen LogP contribution >= 0.6 is 0 Å². The zero-order valence-electron chi connectivity index (χ0n) is 8.06.